The molecular formula is CH6OP2. The molecule has 0 saturated heterocycles. The molecule has 0 rings (SSSR count). The molecule has 0 aromatic heterocycles. The maximum absolute atomic E-state index is 9.36. The molecule has 0 aliphatic heterocycles. The lowest BCUT2D eigenvalue weighted by Crippen LogP contribution is -1.26. The van der Waals surface area contributed by atoms with Crippen LogP contribution in [0.5, 0.6) is 0 Å². The quantitative estimate of drug-likeness (QED) is 0.436. The Morgan fingerprint density at radius 2 is 2.25 bits per heavy atom. The van der Waals surface area contributed by atoms with Crippen LogP contribution in [0.25, 0.3) is 0 Å². The Bertz CT molecular complexity index is 20.0. The van der Waals surface area contributed by atoms with E-state index in [1.54, 1.807) is 0 Å². The summed E-state index contributed by atoms with van der Waals surface area (Å²) in [6.45, 7) is 0. The second kappa shape index (κ2) is 3.66. The monoisotopic (exact) mass is 96.0 g/mol. The molecule has 0 heterocycles. The van der Waals surface area contributed by atoms with E-state index in [0.717, 1.165) is 5.90 Å². The summed E-state index contributed by atoms with van der Waals surface area (Å²) in [6, 6.07) is 0. The largest absolute Gasteiger partial charge is 0.330 e. The van der Waals surface area contributed by atoms with Crippen molar-refractivity contribution in [2.45, 2.75) is 0 Å². The molecule has 0 aromatic carbocycles. The van der Waals surface area contributed by atoms with Crippen LogP contribution in [0.2, 0.25) is 0 Å². The fourth-order valence-electron chi connectivity index (χ4n) is 0. The average molecular weight is 96.0 g/mol. The third-order valence-electron chi connectivity index (χ3n) is 0.0962. The molecule has 0 saturated carbocycles. The van der Waals surface area contributed by atoms with Crippen LogP contribution in [0.15, 0.2) is 0 Å². The number of hydrogen-bond acceptors (Lipinski definition) is 1. The molecule has 3 heteroatoms. The zero-order valence-corrected chi connectivity index (χ0v) is 4.58. The molecule has 0 bridgehead atoms. The van der Waals surface area contributed by atoms with Crippen molar-refractivity contribution in [1.82, 2.24) is 0 Å². The fourth-order valence-corrected chi connectivity index (χ4v) is 0. The van der Waals surface area contributed by atoms with Crippen LogP contribution in [0.1, 0.15) is 0 Å². The molecule has 2 unspecified atom stereocenters. The van der Waals surface area contributed by atoms with Crippen LogP contribution < -0.4 is 0 Å². The van der Waals surface area contributed by atoms with Crippen molar-refractivity contribution < 1.29 is 4.57 Å². The average Bonchev–Trinajstić information content (AvgIpc) is 1.37. The van der Waals surface area contributed by atoms with Gasteiger partial charge in [-0.2, -0.15) is 0 Å². The molecule has 0 fully saturated rings. The summed E-state index contributed by atoms with van der Waals surface area (Å²) in [5, 5.41) is 0. The predicted molar refractivity (Wildman–Crippen MR) is 25.0 cm³/mol. The molecule has 0 aliphatic carbocycles. The van der Waals surface area contributed by atoms with Gasteiger partial charge in [0.05, 0.1) is 8.46 Å². The number of rotatable bonds is 1. The molecule has 1 nitrogen and oxygen atoms in total. The molecule has 0 aromatic rings. The van der Waals surface area contributed by atoms with Crippen molar-refractivity contribution in [2.24, 2.45) is 0 Å². The van der Waals surface area contributed by atoms with Gasteiger partial charge in [0.25, 0.3) is 0 Å². The molecule has 0 radical (unpaired) electrons. The standard InChI is InChI=1S/CH6OP2/c2-4-1-3/h1,3-4H2. The smallest absolute Gasteiger partial charge is 0.0681 e. The van der Waals surface area contributed by atoms with Gasteiger partial charge in [0.2, 0.25) is 0 Å². The summed E-state index contributed by atoms with van der Waals surface area (Å²) in [7, 11) is 1.87. The van der Waals surface area contributed by atoms with E-state index >= 15 is 0 Å². The molecule has 0 N–H and O–H groups in total. The maximum atomic E-state index is 9.36. The minimum absolute atomic E-state index is 0.505. The van der Waals surface area contributed by atoms with Crippen molar-refractivity contribution in [1.29, 1.82) is 0 Å². The van der Waals surface area contributed by atoms with Gasteiger partial charge in [0.1, 0.15) is 0 Å². The van der Waals surface area contributed by atoms with Gasteiger partial charge in [-0.05, 0) is 0 Å². The highest BCUT2D eigenvalue weighted by Gasteiger charge is 1.50. The van der Waals surface area contributed by atoms with E-state index < -0.39 is 8.46 Å². The van der Waals surface area contributed by atoms with Crippen LogP contribution in [0, 0.1) is 0 Å². The first-order chi connectivity index (χ1) is 1.91. The van der Waals surface area contributed by atoms with Crippen molar-refractivity contribution in [3.8, 4) is 0 Å². The van der Waals surface area contributed by atoms with E-state index in [1.807, 2.05) is 0 Å². The molecule has 0 aliphatic rings. The lowest BCUT2D eigenvalue weighted by atomic mass is 11.9. The zero-order chi connectivity index (χ0) is 3.41. The second-order valence-corrected chi connectivity index (χ2v) is 2.62. The Balaban J connectivity index is 2.30. The van der Waals surface area contributed by atoms with Gasteiger partial charge >= 0.3 is 0 Å². The van der Waals surface area contributed by atoms with Crippen LogP contribution in [-0.2, 0) is 4.57 Å². The van der Waals surface area contributed by atoms with E-state index in [4.69, 9.17) is 0 Å². The van der Waals surface area contributed by atoms with Crippen molar-refractivity contribution >= 4 is 17.7 Å². The van der Waals surface area contributed by atoms with E-state index in [1.165, 1.54) is 0 Å². The first kappa shape index (κ1) is 4.66. The van der Waals surface area contributed by atoms with E-state index in [0.29, 0.717) is 0 Å². The zero-order valence-electron chi connectivity index (χ0n) is 2.27. The Morgan fingerprint density at radius 3 is 2.25 bits per heavy atom. The summed E-state index contributed by atoms with van der Waals surface area (Å²) >= 11 is 0. The lowest BCUT2D eigenvalue weighted by Gasteiger charge is -1.54. The van der Waals surface area contributed by atoms with Crippen LogP contribution >= 0.6 is 17.7 Å². The highest BCUT2D eigenvalue weighted by Crippen LogP contribution is 1.94. The molecule has 0 amide bonds. The third-order valence-corrected chi connectivity index (χ3v) is 0.866. The van der Waals surface area contributed by atoms with Crippen LogP contribution in [0.4, 0.5) is 0 Å². The van der Waals surface area contributed by atoms with E-state index in [2.05, 4.69) is 9.24 Å². The molecule has 26 valence electrons. The van der Waals surface area contributed by atoms with Gasteiger partial charge in [-0.15, -0.1) is 9.24 Å². The van der Waals surface area contributed by atoms with Gasteiger partial charge < -0.3 is 4.57 Å². The lowest BCUT2D eigenvalue weighted by molar-refractivity contribution is 0.601. The highest BCUT2D eigenvalue weighted by molar-refractivity contribution is 7.39. The summed E-state index contributed by atoms with van der Waals surface area (Å²) in [4.78, 5) is 0. The van der Waals surface area contributed by atoms with Gasteiger partial charge in [-0.1, -0.05) is 0 Å². The normalized spacial score (nSPS) is 10.2. The predicted octanol–water partition coefficient (Wildman–Crippen LogP) is 0.575. The van der Waals surface area contributed by atoms with Gasteiger partial charge in [0, 0.05) is 5.90 Å². The Morgan fingerprint density at radius 1 is 2.00 bits per heavy atom. The molecule has 4 heavy (non-hydrogen) atoms. The second-order valence-electron chi connectivity index (χ2n) is 0.402. The Labute approximate surface area is 29.2 Å². The maximum Gasteiger partial charge on any atom is 0.0681 e. The summed E-state index contributed by atoms with van der Waals surface area (Å²) < 4.78 is 9.36. The Hall–Kier alpha value is 0.660. The fraction of sp³-hybridized carbons (Fsp3) is 1.00. The summed E-state index contributed by atoms with van der Waals surface area (Å²) in [5.41, 5.74) is 0. The van der Waals surface area contributed by atoms with Gasteiger partial charge in [-0.25, -0.2) is 0 Å². The van der Waals surface area contributed by atoms with Gasteiger partial charge in [-0.3, -0.25) is 0 Å². The SMILES string of the molecule is O=[PH2]CP. The van der Waals surface area contributed by atoms with Crippen molar-refractivity contribution in [3.63, 3.8) is 0 Å². The first-order valence-electron chi connectivity index (χ1n) is 1.05. The topological polar surface area (TPSA) is 17.1 Å². The summed E-state index contributed by atoms with van der Waals surface area (Å²) in [5.74, 6) is 0.764. The molecule has 0 spiro atoms. The third kappa shape index (κ3) is 2.66. The summed E-state index contributed by atoms with van der Waals surface area (Å²) in [6.07, 6.45) is 0. The molecule has 2 atom stereocenters. The van der Waals surface area contributed by atoms with Crippen LogP contribution in [-0.4, -0.2) is 5.90 Å². The highest BCUT2D eigenvalue weighted by atomic mass is 31.1. The van der Waals surface area contributed by atoms with E-state index in [9.17, 15) is 4.57 Å². The van der Waals surface area contributed by atoms with Crippen LogP contribution in [0.3, 0.4) is 0 Å². The Kier molecular flexibility index (Phi) is 4.26. The minimum atomic E-state index is -0.505. The van der Waals surface area contributed by atoms with Gasteiger partial charge in [0.15, 0.2) is 0 Å². The van der Waals surface area contributed by atoms with Crippen molar-refractivity contribution in [3.05, 3.63) is 0 Å². The van der Waals surface area contributed by atoms with E-state index in [-0.39, 0.29) is 0 Å². The first-order valence-corrected chi connectivity index (χ1v) is 3.16. The molecular weight excluding hydrogens is 90.0 g/mol. The minimum Gasteiger partial charge on any atom is -0.330 e. The number of hydrogen-bond donors (Lipinski definition) is 0. The van der Waals surface area contributed by atoms with Crippen molar-refractivity contribution in [2.75, 3.05) is 5.90 Å².